The van der Waals surface area contributed by atoms with E-state index in [-0.39, 0.29) is 37.5 Å². The molecule has 6 nitrogen and oxygen atoms in total. The van der Waals surface area contributed by atoms with Gasteiger partial charge in [-0.25, -0.2) is 0 Å². The molecule has 1 atom stereocenters. The predicted molar refractivity (Wildman–Crippen MR) is 334 cm³/mol. The first-order valence-corrected chi connectivity index (χ1v) is 31.0. The highest BCUT2D eigenvalue weighted by molar-refractivity contribution is 5.71. The number of carbonyl (C=O) groups excluding carboxylic acids is 3. The van der Waals surface area contributed by atoms with Crippen LogP contribution >= 0.6 is 0 Å². The first-order chi connectivity index (χ1) is 38.0. The van der Waals surface area contributed by atoms with Crippen molar-refractivity contribution >= 4 is 17.9 Å². The van der Waals surface area contributed by atoms with Crippen molar-refractivity contribution < 1.29 is 28.6 Å². The molecule has 0 aromatic rings. The first kappa shape index (κ1) is 72.0. The average Bonchev–Trinajstić information content (AvgIpc) is 3.43. The Morgan fingerprint density at radius 2 is 0.506 bits per heavy atom. The van der Waals surface area contributed by atoms with Crippen molar-refractivity contribution in [2.45, 2.75) is 258 Å². The Bertz CT molecular complexity index is 1740. The molecule has 0 rings (SSSR count). The van der Waals surface area contributed by atoms with Gasteiger partial charge >= 0.3 is 17.9 Å². The van der Waals surface area contributed by atoms with Crippen molar-refractivity contribution in [2.75, 3.05) is 13.2 Å². The van der Waals surface area contributed by atoms with Crippen molar-refractivity contribution in [3.8, 4) is 0 Å². The second-order valence-electron chi connectivity index (χ2n) is 19.9. The third-order valence-corrected chi connectivity index (χ3v) is 12.5. The summed E-state index contributed by atoms with van der Waals surface area (Å²) in [6, 6.07) is 0. The standard InChI is InChI=1S/C71H112O6/c1-4-7-10-13-16-18-20-22-24-26-28-30-31-32-33-34-35-36-37-38-39-41-42-44-46-48-50-52-55-58-61-64-70(73)76-67-68(66-75-69(72)63-60-57-54-15-12-9-6-3)77-71(74)65-62-59-56-53-51-49-47-45-43-40-29-27-25-23-21-19-17-14-11-8-5-2/h7-8,10-11,16-19,22-25,28-30,32-33,35-36,38-40,45,47,51,53,68H,4-6,9,12-15,20-21,26-27,31,34,37,41-44,46,48-50,52,54-67H2,1-3H3/b10-7-,11-8-,18-16-,19-17-,24-22-,25-23-,30-28-,33-32-,36-35-,39-38-,40-29-,47-45-,53-51-. The molecule has 0 aliphatic rings. The van der Waals surface area contributed by atoms with Crippen molar-refractivity contribution in [1.82, 2.24) is 0 Å². The monoisotopic (exact) mass is 1060 g/mol. The molecular weight excluding hydrogens is 949 g/mol. The van der Waals surface area contributed by atoms with Crippen LogP contribution in [0.3, 0.4) is 0 Å². The smallest absolute Gasteiger partial charge is 0.306 e. The van der Waals surface area contributed by atoms with E-state index in [0.717, 1.165) is 141 Å². The molecule has 0 aliphatic heterocycles. The fraction of sp³-hybridized carbons (Fsp3) is 0.592. The van der Waals surface area contributed by atoms with Crippen LogP contribution in [-0.2, 0) is 28.6 Å². The number of esters is 3. The van der Waals surface area contributed by atoms with E-state index >= 15 is 0 Å². The molecule has 432 valence electrons. The Labute approximate surface area is 473 Å². The lowest BCUT2D eigenvalue weighted by molar-refractivity contribution is -0.167. The first-order valence-electron chi connectivity index (χ1n) is 31.0. The van der Waals surface area contributed by atoms with Crippen LogP contribution in [0.15, 0.2) is 158 Å². The molecule has 1 unspecified atom stereocenters. The van der Waals surface area contributed by atoms with E-state index < -0.39 is 6.10 Å². The normalized spacial score (nSPS) is 13.2. The number of rotatable bonds is 54. The summed E-state index contributed by atoms with van der Waals surface area (Å²) in [7, 11) is 0. The zero-order chi connectivity index (χ0) is 55.7. The number of ether oxygens (including phenoxy) is 3. The SMILES string of the molecule is CC/C=C\C/C=C\C/C=C\C/C=C\C/C=C\C/C=C\C/C=C\CCCCCCCCCCCC(=O)OCC(COC(=O)CCCCCCCCC)OC(=O)CCCC/C=C\C/C=C\C/C=C\C/C=C\C/C=C\C/C=C\CC. The van der Waals surface area contributed by atoms with Gasteiger partial charge < -0.3 is 14.2 Å². The number of hydrogen-bond donors (Lipinski definition) is 0. The quantitative estimate of drug-likeness (QED) is 0.0261. The van der Waals surface area contributed by atoms with E-state index in [2.05, 4.69) is 179 Å². The summed E-state index contributed by atoms with van der Waals surface area (Å²) in [6.07, 6.45) is 92.7. The van der Waals surface area contributed by atoms with E-state index in [4.69, 9.17) is 14.2 Å². The van der Waals surface area contributed by atoms with Gasteiger partial charge in [-0.3, -0.25) is 14.4 Å². The van der Waals surface area contributed by atoms with Gasteiger partial charge in [-0.05, 0) is 128 Å². The number of allylic oxidation sites excluding steroid dienone is 26. The van der Waals surface area contributed by atoms with Crippen molar-refractivity contribution in [1.29, 1.82) is 0 Å². The molecule has 0 heterocycles. The third-order valence-electron chi connectivity index (χ3n) is 12.5. The van der Waals surface area contributed by atoms with Gasteiger partial charge in [0, 0.05) is 19.3 Å². The maximum absolute atomic E-state index is 12.8. The number of carbonyl (C=O) groups is 3. The van der Waals surface area contributed by atoms with Crippen LogP contribution in [0.25, 0.3) is 0 Å². The Morgan fingerprint density at radius 1 is 0.273 bits per heavy atom. The predicted octanol–water partition coefficient (Wildman–Crippen LogP) is 21.3. The van der Waals surface area contributed by atoms with Crippen LogP contribution in [0.1, 0.15) is 252 Å². The maximum Gasteiger partial charge on any atom is 0.306 e. The molecule has 77 heavy (non-hydrogen) atoms. The van der Waals surface area contributed by atoms with E-state index in [9.17, 15) is 14.4 Å². The van der Waals surface area contributed by atoms with Gasteiger partial charge in [0.1, 0.15) is 13.2 Å². The lowest BCUT2D eigenvalue weighted by atomic mass is 10.1. The van der Waals surface area contributed by atoms with Crippen LogP contribution in [0.4, 0.5) is 0 Å². The Morgan fingerprint density at radius 3 is 0.818 bits per heavy atom. The summed E-state index contributed by atoms with van der Waals surface area (Å²) in [5.41, 5.74) is 0. The molecule has 0 saturated carbocycles. The lowest BCUT2D eigenvalue weighted by Gasteiger charge is -2.18. The summed E-state index contributed by atoms with van der Waals surface area (Å²) >= 11 is 0. The molecule has 0 aromatic heterocycles. The number of unbranched alkanes of at least 4 members (excludes halogenated alkanes) is 17. The molecule has 0 amide bonds. The van der Waals surface area contributed by atoms with Crippen molar-refractivity contribution in [3.63, 3.8) is 0 Å². The van der Waals surface area contributed by atoms with E-state index in [1.807, 2.05) is 0 Å². The Hall–Kier alpha value is -4.97. The van der Waals surface area contributed by atoms with E-state index in [1.54, 1.807) is 0 Å². The summed E-state index contributed by atoms with van der Waals surface area (Å²) in [5, 5.41) is 0. The average molecular weight is 1060 g/mol. The van der Waals surface area contributed by atoms with Crippen LogP contribution < -0.4 is 0 Å². The molecule has 6 heteroatoms. The fourth-order valence-corrected chi connectivity index (χ4v) is 7.95. The fourth-order valence-electron chi connectivity index (χ4n) is 7.95. The minimum Gasteiger partial charge on any atom is -0.462 e. The van der Waals surface area contributed by atoms with Gasteiger partial charge in [-0.2, -0.15) is 0 Å². The van der Waals surface area contributed by atoms with Gasteiger partial charge in [0.25, 0.3) is 0 Å². The molecule has 0 saturated heterocycles. The molecule has 0 bridgehead atoms. The summed E-state index contributed by atoms with van der Waals surface area (Å²) in [5.74, 6) is -0.965. The zero-order valence-electron chi connectivity index (χ0n) is 49.4. The Balaban J connectivity index is 4.25. The molecule has 0 aromatic carbocycles. The highest BCUT2D eigenvalue weighted by Gasteiger charge is 2.19. The van der Waals surface area contributed by atoms with Crippen LogP contribution in [0, 0.1) is 0 Å². The van der Waals surface area contributed by atoms with Crippen LogP contribution in [0.2, 0.25) is 0 Å². The van der Waals surface area contributed by atoms with Crippen LogP contribution in [0.5, 0.6) is 0 Å². The van der Waals surface area contributed by atoms with Crippen molar-refractivity contribution in [2.24, 2.45) is 0 Å². The van der Waals surface area contributed by atoms with Gasteiger partial charge in [0.05, 0.1) is 0 Å². The van der Waals surface area contributed by atoms with Gasteiger partial charge in [-0.1, -0.05) is 262 Å². The van der Waals surface area contributed by atoms with Crippen molar-refractivity contribution in [3.05, 3.63) is 158 Å². The van der Waals surface area contributed by atoms with E-state index in [0.29, 0.717) is 19.3 Å². The third kappa shape index (κ3) is 61.8. The van der Waals surface area contributed by atoms with Gasteiger partial charge in [0.15, 0.2) is 6.10 Å². The number of hydrogen-bond acceptors (Lipinski definition) is 6. The summed E-state index contributed by atoms with van der Waals surface area (Å²) < 4.78 is 16.8. The molecule has 0 radical (unpaired) electrons. The molecular formula is C71H112O6. The second-order valence-corrected chi connectivity index (χ2v) is 19.9. The van der Waals surface area contributed by atoms with E-state index in [1.165, 1.54) is 64.2 Å². The maximum atomic E-state index is 12.8. The molecule has 0 fully saturated rings. The topological polar surface area (TPSA) is 78.9 Å². The molecule has 0 aliphatic carbocycles. The minimum atomic E-state index is -0.808. The summed E-state index contributed by atoms with van der Waals surface area (Å²) in [4.78, 5) is 38.0. The highest BCUT2D eigenvalue weighted by Crippen LogP contribution is 2.14. The van der Waals surface area contributed by atoms with Gasteiger partial charge in [-0.15, -0.1) is 0 Å². The minimum absolute atomic E-state index is 0.103. The lowest BCUT2D eigenvalue weighted by Crippen LogP contribution is -2.30. The van der Waals surface area contributed by atoms with Crippen LogP contribution in [-0.4, -0.2) is 37.2 Å². The Kier molecular flexibility index (Phi) is 59.5. The molecule has 0 N–H and O–H groups in total. The second kappa shape index (κ2) is 63.6. The highest BCUT2D eigenvalue weighted by atomic mass is 16.6. The summed E-state index contributed by atoms with van der Waals surface area (Å²) in [6.45, 7) is 6.32. The van der Waals surface area contributed by atoms with Gasteiger partial charge in [0.2, 0.25) is 0 Å². The largest absolute Gasteiger partial charge is 0.462 e. The zero-order valence-corrected chi connectivity index (χ0v) is 49.4. The molecule has 0 spiro atoms.